The average Bonchev–Trinajstić information content (AvgIpc) is 2.78. The van der Waals surface area contributed by atoms with Crippen molar-refractivity contribution >= 4 is 18.8 Å². The molecule has 0 aliphatic heterocycles. The van der Waals surface area contributed by atoms with Crippen molar-refractivity contribution in [1.29, 1.82) is 0 Å². The summed E-state index contributed by atoms with van der Waals surface area (Å²) in [5.74, 6) is -0.246. The van der Waals surface area contributed by atoms with Crippen LogP contribution in [0.15, 0.2) is 42.6 Å². The zero-order chi connectivity index (χ0) is 14.7. The average molecular weight is 266 g/mol. The van der Waals surface area contributed by atoms with Crippen LogP contribution in [0.1, 0.15) is 19.4 Å². The molecule has 0 unspecified atom stereocenters. The first-order valence-corrected chi connectivity index (χ1v) is 6.65. The Kier molecular flexibility index (Phi) is 4.23. The quantitative estimate of drug-likeness (QED) is 0.618. The van der Waals surface area contributed by atoms with Crippen molar-refractivity contribution in [3.05, 3.63) is 54.0 Å². The molecule has 3 rings (SSSR count). The molecule has 2 radical (unpaired) electrons. The maximum absolute atomic E-state index is 12.9. The first kappa shape index (κ1) is 14.3. The van der Waals surface area contributed by atoms with Gasteiger partial charge < -0.3 is 0 Å². The van der Waals surface area contributed by atoms with E-state index in [1.54, 1.807) is 22.8 Å². The van der Waals surface area contributed by atoms with Crippen molar-refractivity contribution in [3.63, 3.8) is 0 Å². The van der Waals surface area contributed by atoms with Crippen molar-refractivity contribution in [3.8, 4) is 11.3 Å². The molecule has 4 heteroatoms. The zero-order valence-electron chi connectivity index (χ0n) is 11.9. The minimum Gasteiger partial charge on any atom is -0.241 e. The lowest BCUT2D eigenvalue weighted by Crippen LogP contribution is -2.04. The fourth-order valence-corrected chi connectivity index (χ4v) is 2.07. The van der Waals surface area contributed by atoms with E-state index >= 15 is 0 Å². The van der Waals surface area contributed by atoms with Crippen molar-refractivity contribution in [1.82, 2.24) is 9.61 Å². The Morgan fingerprint density at radius 1 is 1.05 bits per heavy atom. The second-order valence-corrected chi connectivity index (χ2v) is 4.27. The van der Waals surface area contributed by atoms with Gasteiger partial charge in [0.25, 0.3) is 0 Å². The highest BCUT2D eigenvalue weighted by Gasteiger charge is 2.10. The van der Waals surface area contributed by atoms with Gasteiger partial charge in [-0.25, -0.2) is 8.91 Å². The van der Waals surface area contributed by atoms with Crippen LogP contribution in [0.3, 0.4) is 0 Å². The number of hydrogen-bond donors (Lipinski definition) is 0. The molecular formula is C16H16BFN2. The third kappa shape index (κ3) is 2.59. The van der Waals surface area contributed by atoms with Gasteiger partial charge in [-0.3, -0.25) is 0 Å². The fourth-order valence-electron chi connectivity index (χ4n) is 2.07. The van der Waals surface area contributed by atoms with E-state index in [-0.39, 0.29) is 5.82 Å². The summed E-state index contributed by atoms with van der Waals surface area (Å²) in [6.45, 7) is 6.00. The number of rotatable bonds is 1. The standard InChI is InChI=1S/C14H10BFN2.C2H6/c1-9-13-7-4-11(15)8-18(13)17-14(9)10-2-5-12(16)6-3-10;1-2/h2-8H,1H3;1-2H3. The Balaban J connectivity index is 0.000000704. The van der Waals surface area contributed by atoms with Crippen LogP contribution >= 0.6 is 0 Å². The SMILES string of the molecule is CC.[B]c1ccc2c(C)c(-c3ccc(F)cc3)nn2c1. The van der Waals surface area contributed by atoms with Gasteiger partial charge in [0.05, 0.1) is 11.2 Å². The molecule has 0 aliphatic rings. The number of pyridine rings is 1. The van der Waals surface area contributed by atoms with E-state index in [2.05, 4.69) is 5.10 Å². The summed E-state index contributed by atoms with van der Waals surface area (Å²) in [7, 11) is 5.73. The number of aromatic nitrogens is 2. The van der Waals surface area contributed by atoms with Gasteiger partial charge in [-0.15, -0.1) is 0 Å². The van der Waals surface area contributed by atoms with Crippen LogP contribution in [0.4, 0.5) is 4.39 Å². The van der Waals surface area contributed by atoms with Crippen LogP contribution in [0.2, 0.25) is 0 Å². The Bertz CT molecular complexity index is 717. The third-order valence-corrected chi connectivity index (χ3v) is 3.02. The number of aryl methyl sites for hydroxylation is 1. The molecule has 0 atom stereocenters. The van der Waals surface area contributed by atoms with Crippen molar-refractivity contribution in [2.75, 3.05) is 0 Å². The molecule has 0 bridgehead atoms. The second-order valence-electron chi connectivity index (χ2n) is 4.27. The number of hydrogen-bond acceptors (Lipinski definition) is 1. The Hall–Kier alpha value is -2.10. The second kappa shape index (κ2) is 5.91. The Morgan fingerprint density at radius 2 is 1.70 bits per heavy atom. The van der Waals surface area contributed by atoms with Crippen LogP contribution < -0.4 is 5.46 Å². The van der Waals surface area contributed by atoms with Gasteiger partial charge in [0.15, 0.2) is 0 Å². The summed E-state index contributed by atoms with van der Waals surface area (Å²) >= 11 is 0. The molecule has 0 fully saturated rings. The molecule has 100 valence electrons. The molecule has 2 nitrogen and oxygen atoms in total. The van der Waals surface area contributed by atoms with E-state index < -0.39 is 0 Å². The van der Waals surface area contributed by atoms with E-state index in [1.807, 2.05) is 32.9 Å². The van der Waals surface area contributed by atoms with E-state index in [0.29, 0.717) is 5.46 Å². The molecule has 0 saturated heterocycles. The Morgan fingerprint density at radius 3 is 2.35 bits per heavy atom. The molecule has 2 heterocycles. The minimum atomic E-state index is -0.246. The monoisotopic (exact) mass is 266 g/mol. The van der Waals surface area contributed by atoms with E-state index in [1.165, 1.54) is 12.1 Å². The largest absolute Gasteiger partial charge is 0.241 e. The van der Waals surface area contributed by atoms with Gasteiger partial charge in [0, 0.05) is 17.3 Å². The van der Waals surface area contributed by atoms with Crippen molar-refractivity contribution in [2.24, 2.45) is 0 Å². The maximum atomic E-state index is 12.9. The predicted molar refractivity (Wildman–Crippen MR) is 82.1 cm³/mol. The summed E-state index contributed by atoms with van der Waals surface area (Å²) in [6, 6.07) is 10.1. The summed E-state index contributed by atoms with van der Waals surface area (Å²) < 4.78 is 14.7. The van der Waals surface area contributed by atoms with Crippen LogP contribution in [0.25, 0.3) is 16.8 Å². The summed E-state index contributed by atoms with van der Waals surface area (Å²) in [4.78, 5) is 0. The molecule has 2 aromatic heterocycles. The van der Waals surface area contributed by atoms with E-state index in [4.69, 9.17) is 7.85 Å². The lowest BCUT2D eigenvalue weighted by Gasteiger charge is -1.97. The van der Waals surface area contributed by atoms with Crippen LogP contribution in [-0.2, 0) is 0 Å². The molecule has 0 spiro atoms. The molecule has 0 aliphatic carbocycles. The van der Waals surface area contributed by atoms with E-state index in [9.17, 15) is 4.39 Å². The van der Waals surface area contributed by atoms with Gasteiger partial charge in [-0.05, 0) is 37.3 Å². The molecule has 1 aromatic carbocycles. The van der Waals surface area contributed by atoms with Crippen LogP contribution in [0, 0.1) is 12.7 Å². The third-order valence-electron chi connectivity index (χ3n) is 3.02. The van der Waals surface area contributed by atoms with E-state index in [0.717, 1.165) is 22.3 Å². The Labute approximate surface area is 119 Å². The molecule has 0 N–H and O–H groups in total. The maximum Gasteiger partial charge on any atom is 0.123 e. The number of benzene rings is 1. The molecule has 0 saturated carbocycles. The normalized spacial score (nSPS) is 10.2. The number of halogens is 1. The smallest absolute Gasteiger partial charge is 0.123 e. The molecular weight excluding hydrogens is 250 g/mol. The van der Waals surface area contributed by atoms with Gasteiger partial charge in [0.1, 0.15) is 13.7 Å². The predicted octanol–water partition coefficient (Wildman–Crippen LogP) is 3.27. The lowest BCUT2D eigenvalue weighted by atomic mass is 9.98. The highest BCUT2D eigenvalue weighted by atomic mass is 19.1. The van der Waals surface area contributed by atoms with Gasteiger partial charge in [-0.2, -0.15) is 5.10 Å². The highest BCUT2D eigenvalue weighted by Crippen LogP contribution is 2.24. The lowest BCUT2D eigenvalue weighted by molar-refractivity contribution is 0.628. The highest BCUT2D eigenvalue weighted by molar-refractivity contribution is 6.32. The summed E-state index contributed by atoms with van der Waals surface area (Å²) in [6.07, 6.45) is 1.77. The van der Waals surface area contributed by atoms with Gasteiger partial charge in [0.2, 0.25) is 0 Å². The minimum absolute atomic E-state index is 0.246. The first-order chi connectivity index (χ1) is 9.65. The number of fused-ring (bicyclic) bond motifs is 1. The first-order valence-electron chi connectivity index (χ1n) is 6.65. The number of nitrogens with zero attached hydrogens (tertiary/aromatic N) is 2. The van der Waals surface area contributed by atoms with Crippen LogP contribution in [-0.4, -0.2) is 17.5 Å². The van der Waals surface area contributed by atoms with Crippen molar-refractivity contribution in [2.45, 2.75) is 20.8 Å². The topological polar surface area (TPSA) is 17.3 Å². The molecule has 20 heavy (non-hydrogen) atoms. The molecule has 0 amide bonds. The molecule has 3 aromatic rings. The van der Waals surface area contributed by atoms with Crippen molar-refractivity contribution < 1.29 is 4.39 Å². The van der Waals surface area contributed by atoms with Gasteiger partial charge in [-0.1, -0.05) is 25.4 Å². The van der Waals surface area contributed by atoms with Gasteiger partial charge >= 0.3 is 0 Å². The zero-order valence-corrected chi connectivity index (χ0v) is 11.9. The summed E-state index contributed by atoms with van der Waals surface area (Å²) in [5, 5.41) is 4.49. The van der Waals surface area contributed by atoms with Crippen LogP contribution in [0.5, 0.6) is 0 Å². The fraction of sp³-hybridized carbons (Fsp3) is 0.188. The summed E-state index contributed by atoms with van der Waals surface area (Å²) in [5.41, 5.74) is 4.47.